The lowest BCUT2D eigenvalue weighted by molar-refractivity contribution is -0.384. The van der Waals surface area contributed by atoms with E-state index >= 15 is 0 Å². The van der Waals surface area contributed by atoms with E-state index in [1.165, 1.54) is 12.1 Å². The SMILES string of the molecule is CCN1C(=O)[C@@H](N)[C@H](c2cccc([N+](=O)[O-])c2)c2c(C)nn(-c3ccccc3)c21. The Balaban J connectivity index is 1.97. The summed E-state index contributed by atoms with van der Waals surface area (Å²) in [5.74, 6) is -0.0781. The van der Waals surface area contributed by atoms with E-state index < -0.39 is 16.9 Å². The number of para-hydroxylation sites is 1. The van der Waals surface area contributed by atoms with Gasteiger partial charge in [-0.2, -0.15) is 5.10 Å². The summed E-state index contributed by atoms with van der Waals surface area (Å²) in [5, 5.41) is 16.0. The molecule has 0 spiro atoms. The second-order valence-corrected chi connectivity index (χ2v) is 7.01. The Kier molecular flexibility index (Phi) is 4.63. The zero-order valence-electron chi connectivity index (χ0n) is 16.1. The molecule has 2 heterocycles. The van der Waals surface area contributed by atoms with Crippen molar-refractivity contribution in [2.45, 2.75) is 25.8 Å². The predicted octanol–water partition coefficient (Wildman–Crippen LogP) is 2.91. The number of carbonyl (C=O) groups excluding carboxylic acids is 1. The number of anilines is 1. The maximum absolute atomic E-state index is 13.1. The highest BCUT2D eigenvalue weighted by atomic mass is 16.6. The van der Waals surface area contributed by atoms with Crippen molar-refractivity contribution in [2.75, 3.05) is 11.4 Å². The van der Waals surface area contributed by atoms with E-state index in [4.69, 9.17) is 10.8 Å². The molecule has 0 bridgehead atoms. The van der Waals surface area contributed by atoms with Gasteiger partial charge in [-0.3, -0.25) is 19.8 Å². The molecule has 29 heavy (non-hydrogen) atoms. The first-order chi connectivity index (χ1) is 13.9. The summed E-state index contributed by atoms with van der Waals surface area (Å²) in [6, 6.07) is 15.0. The number of nitro groups is 1. The smallest absolute Gasteiger partial charge is 0.269 e. The fraction of sp³-hybridized carbons (Fsp3) is 0.238. The van der Waals surface area contributed by atoms with Crippen LogP contribution in [0.1, 0.15) is 29.7 Å². The van der Waals surface area contributed by atoms with E-state index in [-0.39, 0.29) is 11.6 Å². The van der Waals surface area contributed by atoms with Crippen molar-refractivity contribution in [3.63, 3.8) is 0 Å². The first kappa shape index (κ1) is 18.8. The van der Waals surface area contributed by atoms with Gasteiger partial charge in [-0.1, -0.05) is 30.3 Å². The highest BCUT2D eigenvalue weighted by molar-refractivity contribution is 6.01. The molecule has 1 aliphatic rings. The van der Waals surface area contributed by atoms with Crippen molar-refractivity contribution in [2.24, 2.45) is 5.73 Å². The number of nitrogens with zero attached hydrogens (tertiary/aromatic N) is 4. The Morgan fingerprint density at radius 3 is 2.55 bits per heavy atom. The number of non-ortho nitro benzene ring substituents is 1. The van der Waals surface area contributed by atoms with Gasteiger partial charge in [-0.05, 0) is 31.5 Å². The fourth-order valence-electron chi connectivity index (χ4n) is 4.02. The molecule has 8 heteroatoms. The molecule has 1 amide bonds. The minimum atomic E-state index is -0.850. The Labute approximate surface area is 167 Å². The number of amides is 1. The van der Waals surface area contributed by atoms with Crippen molar-refractivity contribution < 1.29 is 9.72 Å². The van der Waals surface area contributed by atoms with Gasteiger partial charge < -0.3 is 5.73 Å². The van der Waals surface area contributed by atoms with Gasteiger partial charge in [0.05, 0.1) is 22.3 Å². The molecule has 3 aromatic rings. The Hall–Kier alpha value is -3.52. The van der Waals surface area contributed by atoms with E-state index in [9.17, 15) is 14.9 Å². The minimum absolute atomic E-state index is 0.0327. The number of nitro benzene ring substituents is 1. The average Bonchev–Trinajstić information content (AvgIpc) is 3.06. The topological polar surface area (TPSA) is 107 Å². The van der Waals surface area contributed by atoms with Crippen LogP contribution in [-0.4, -0.2) is 33.2 Å². The highest BCUT2D eigenvalue weighted by Gasteiger charge is 2.43. The number of hydrogen-bond acceptors (Lipinski definition) is 5. The largest absolute Gasteiger partial charge is 0.319 e. The van der Waals surface area contributed by atoms with Crippen molar-refractivity contribution in [3.05, 3.63) is 81.5 Å². The van der Waals surface area contributed by atoms with Crippen LogP contribution < -0.4 is 10.6 Å². The molecule has 148 valence electrons. The summed E-state index contributed by atoms with van der Waals surface area (Å²) < 4.78 is 1.75. The monoisotopic (exact) mass is 391 g/mol. The van der Waals surface area contributed by atoms with Crippen LogP contribution >= 0.6 is 0 Å². The number of benzene rings is 2. The molecular weight excluding hydrogens is 370 g/mol. The fourth-order valence-corrected chi connectivity index (χ4v) is 4.02. The zero-order chi connectivity index (χ0) is 20.7. The van der Waals surface area contributed by atoms with Crippen molar-refractivity contribution in [3.8, 4) is 5.69 Å². The molecule has 0 aliphatic carbocycles. The van der Waals surface area contributed by atoms with Crippen LogP contribution in [0.2, 0.25) is 0 Å². The molecule has 8 nitrogen and oxygen atoms in total. The molecule has 1 aromatic heterocycles. The van der Waals surface area contributed by atoms with Crippen LogP contribution in [-0.2, 0) is 4.79 Å². The lowest BCUT2D eigenvalue weighted by Gasteiger charge is -2.36. The van der Waals surface area contributed by atoms with Crippen molar-refractivity contribution >= 4 is 17.4 Å². The van der Waals surface area contributed by atoms with Crippen LogP contribution in [0.3, 0.4) is 0 Å². The van der Waals surface area contributed by atoms with Crippen LogP contribution in [0.5, 0.6) is 0 Å². The predicted molar refractivity (Wildman–Crippen MR) is 109 cm³/mol. The van der Waals surface area contributed by atoms with Gasteiger partial charge in [0.15, 0.2) is 0 Å². The normalized spacial score (nSPS) is 18.6. The number of fused-ring (bicyclic) bond motifs is 1. The van der Waals surface area contributed by atoms with Crippen LogP contribution in [0.4, 0.5) is 11.5 Å². The van der Waals surface area contributed by atoms with Gasteiger partial charge in [0.1, 0.15) is 5.82 Å². The van der Waals surface area contributed by atoms with Gasteiger partial charge in [0, 0.05) is 30.2 Å². The van der Waals surface area contributed by atoms with E-state index in [1.54, 1.807) is 21.7 Å². The Morgan fingerprint density at radius 1 is 1.17 bits per heavy atom. The van der Waals surface area contributed by atoms with Crippen LogP contribution in [0, 0.1) is 17.0 Å². The summed E-state index contributed by atoms with van der Waals surface area (Å²) in [7, 11) is 0. The summed E-state index contributed by atoms with van der Waals surface area (Å²) in [4.78, 5) is 25.6. The summed E-state index contributed by atoms with van der Waals surface area (Å²) in [6.45, 7) is 4.21. The van der Waals surface area contributed by atoms with Gasteiger partial charge in [0.25, 0.3) is 5.69 Å². The Bertz CT molecular complexity index is 1090. The van der Waals surface area contributed by atoms with Crippen molar-refractivity contribution in [1.82, 2.24) is 9.78 Å². The number of aromatic nitrogens is 2. The molecule has 2 aromatic carbocycles. The summed E-state index contributed by atoms with van der Waals surface area (Å²) in [6.07, 6.45) is 0. The van der Waals surface area contributed by atoms with Crippen LogP contribution in [0.25, 0.3) is 5.69 Å². The molecule has 0 fully saturated rings. The van der Waals surface area contributed by atoms with Gasteiger partial charge >= 0.3 is 0 Å². The first-order valence-corrected chi connectivity index (χ1v) is 9.40. The lowest BCUT2D eigenvalue weighted by Crippen LogP contribution is -2.51. The maximum atomic E-state index is 13.1. The minimum Gasteiger partial charge on any atom is -0.319 e. The standard InChI is InChI=1S/C21H21N5O3/c1-3-24-20-17(13(2)23-25(20)15-9-5-4-6-10-15)18(19(22)21(24)27)14-8-7-11-16(12-14)26(28)29/h4-12,18-19H,3,22H2,1-2H3/t18-,19+/m1/s1. The third kappa shape index (κ3) is 2.98. The van der Waals surface area contributed by atoms with Gasteiger partial charge in [-0.25, -0.2) is 4.68 Å². The second-order valence-electron chi connectivity index (χ2n) is 7.01. The maximum Gasteiger partial charge on any atom is 0.269 e. The van der Waals surface area contributed by atoms with Crippen LogP contribution in [0.15, 0.2) is 54.6 Å². The molecule has 0 saturated heterocycles. The first-order valence-electron chi connectivity index (χ1n) is 9.40. The number of aryl methyl sites for hydroxylation is 1. The molecule has 2 atom stereocenters. The number of likely N-dealkylation sites (N-methyl/N-ethyl adjacent to an activating group) is 1. The van der Waals surface area contributed by atoms with Crippen molar-refractivity contribution in [1.29, 1.82) is 0 Å². The van der Waals surface area contributed by atoms with E-state index in [0.29, 0.717) is 17.9 Å². The number of rotatable bonds is 4. The summed E-state index contributed by atoms with van der Waals surface area (Å²) >= 11 is 0. The number of nitrogens with two attached hydrogens (primary N) is 1. The quantitative estimate of drug-likeness (QED) is 0.543. The third-order valence-electron chi connectivity index (χ3n) is 5.32. The number of carbonyl (C=O) groups is 1. The molecule has 0 radical (unpaired) electrons. The summed E-state index contributed by atoms with van der Waals surface area (Å²) in [5.41, 5.74) is 9.37. The number of hydrogen-bond donors (Lipinski definition) is 1. The lowest BCUT2D eigenvalue weighted by atomic mass is 9.81. The molecule has 2 N–H and O–H groups in total. The van der Waals surface area contributed by atoms with E-state index in [0.717, 1.165) is 16.9 Å². The molecule has 1 aliphatic heterocycles. The molecule has 4 rings (SSSR count). The Morgan fingerprint density at radius 2 is 1.90 bits per heavy atom. The zero-order valence-corrected chi connectivity index (χ0v) is 16.1. The van der Waals surface area contributed by atoms with Gasteiger partial charge in [0.2, 0.25) is 5.91 Å². The van der Waals surface area contributed by atoms with E-state index in [2.05, 4.69) is 0 Å². The average molecular weight is 391 g/mol. The second kappa shape index (κ2) is 7.14. The van der Waals surface area contributed by atoms with Gasteiger partial charge in [-0.15, -0.1) is 0 Å². The molecule has 0 unspecified atom stereocenters. The third-order valence-corrected chi connectivity index (χ3v) is 5.32. The molecule has 0 saturated carbocycles. The molecular formula is C21H21N5O3. The highest BCUT2D eigenvalue weighted by Crippen LogP contribution is 2.43. The van der Waals surface area contributed by atoms with E-state index in [1.807, 2.05) is 44.2 Å².